The zero-order chi connectivity index (χ0) is 12.1. The van der Waals surface area contributed by atoms with Gasteiger partial charge < -0.3 is 0 Å². The molecule has 0 saturated heterocycles. The molecule has 17 heavy (non-hydrogen) atoms. The van der Waals surface area contributed by atoms with Crippen molar-refractivity contribution in [3.8, 4) is 17.2 Å². The highest BCUT2D eigenvalue weighted by Crippen LogP contribution is 2.33. The average Bonchev–Trinajstić information content (AvgIpc) is 2.40. The van der Waals surface area contributed by atoms with E-state index in [9.17, 15) is 0 Å². The third-order valence-electron chi connectivity index (χ3n) is 2.46. The molecule has 1 nitrogen and oxygen atoms in total. The van der Waals surface area contributed by atoms with E-state index in [0.29, 0.717) is 0 Å². The smallest absolute Gasteiger partial charge is 0.0935 e. The molecule has 0 aliphatic heterocycles. The second-order valence-corrected chi connectivity index (χ2v) is 5.13. The summed E-state index contributed by atoms with van der Waals surface area (Å²) in [5, 5.41) is 8.86. The topological polar surface area (TPSA) is 23.8 Å². The predicted octanol–water partition coefficient (Wildman–Crippen LogP) is 4.36. The van der Waals surface area contributed by atoms with E-state index in [-0.39, 0.29) is 5.25 Å². The van der Waals surface area contributed by atoms with E-state index in [4.69, 9.17) is 5.26 Å². The number of thioether (sulfide) groups is 1. The van der Waals surface area contributed by atoms with Gasteiger partial charge in [0.25, 0.3) is 0 Å². The van der Waals surface area contributed by atoms with Crippen LogP contribution in [-0.4, -0.2) is 5.25 Å². The van der Waals surface area contributed by atoms with Crippen LogP contribution in [0, 0.1) is 11.3 Å². The van der Waals surface area contributed by atoms with Crippen LogP contribution in [0.15, 0.2) is 59.5 Å². The highest BCUT2D eigenvalue weighted by molar-refractivity contribution is 8.00. The first-order chi connectivity index (χ1) is 8.31. The van der Waals surface area contributed by atoms with Gasteiger partial charge in [0.1, 0.15) is 0 Å². The third kappa shape index (κ3) is 2.89. The lowest BCUT2D eigenvalue weighted by Crippen LogP contribution is -1.91. The van der Waals surface area contributed by atoms with Crippen LogP contribution in [0.4, 0.5) is 0 Å². The number of benzene rings is 2. The van der Waals surface area contributed by atoms with Crippen LogP contribution in [0.25, 0.3) is 11.1 Å². The molecule has 1 atom stereocenters. The highest BCUT2D eigenvalue weighted by Gasteiger charge is 2.08. The Morgan fingerprint density at radius 2 is 1.65 bits per heavy atom. The lowest BCUT2D eigenvalue weighted by Gasteiger charge is -2.09. The van der Waals surface area contributed by atoms with Crippen molar-refractivity contribution >= 4 is 11.8 Å². The molecule has 0 aliphatic carbocycles. The quantitative estimate of drug-likeness (QED) is 0.743. The number of hydrogen-bond acceptors (Lipinski definition) is 2. The summed E-state index contributed by atoms with van der Waals surface area (Å²) < 4.78 is 0. The van der Waals surface area contributed by atoms with Crippen LogP contribution in [0.3, 0.4) is 0 Å². The van der Waals surface area contributed by atoms with E-state index in [0.717, 1.165) is 4.90 Å². The molecule has 2 aromatic rings. The molecule has 0 unspecified atom stereocenters. The molecule has 0 bridgehead atoms. The van der Waals surface area contributed by atoms with Gasteiger partial charge in [-0.1, -0.05) is 48.5 Å². The number of rotatable bonds is 3. The zero-order valence-electron chi connectivity index (χ0n) is 9.63. The van der Waals surface area contributed by atoms with Crippen molar-refractivity contribution in [1.82, 2.24) is 0 Å². The van der Waals surface area contributed by atoms with Gasteiger partial charge >= 0.3 is 0 Å². The zero-order valence-corrected chi connectivity index (χ0v) is 10.4. The first kappa shape index (κ1) is 11.8. The van der Waals surface area contributed by atoms with Crippen molar-refractivity contribution in [2.75, 3.05) is 0 Å². The molecule has 2 heteroatoms. The Kier molecular flexibility index (Phi) is 3.85. The summed E-state index contributed by atoms with van der Waals surface area (Å²) in [5.74, 6) is 0. The lowest BCUT2D eigenvalue weighted by atomic mass is 10.1. The number of hydrogen-bond donors (Lipinski definition) is 0. The fourth-order valence-corrected chi connectivity index (χ4v) is 2.55. The van der Waals surface area contributed by atoms with Gasteiger partial charge in [-0.25, -0.2) is 0 Å². The lowest BCUT2D eigenvalue weighted by molar-refractivity contribution is 1.23. The Bertz CT molecular complexity index is 528. The summed E-state index contributed by atoms with van der Waals surface area (Å²) in [6.07, 6.45) is 0. The van der Waals surface area contributed by atoms with Gasteiger partial charge in [-0.15, -0.1) is 11.8 Å². The van der Waals surface area contributed by atoms with Gasteiger partial charge in [0.15, 0.2) is 0 Å². The van der Waals surface area contributed by atoms with Crippen molar-refractivity contribution in [2.24, 2.45) is 0 Å². The minimum Gasteiger partial charge on any atom is -0.197 e. The molecule has 0 radical (unpaired) electrons. The summed E-state index contributed by atoms with van der Waals surface area (Å²) in [4.78, 5) is 1.16. The molecule has 2 rings (SSSR count). The van der Waals surface area contributed by atoms with Crippen molar-refractivity contribution in [2.45, 2.75) is 17.1 Å². The molecule has 0 aromatic heterocycles. The minimum absolute atomic E-state index is 0.0279. The minimum atomic E-state index is -0.0279. The van der Waals surface area contributed by atoms with Crippen LogP contribution in [0.1, 0.15) is 6.92 Å². The fraction of sp³-hybridized carbons (Fsp3) is 0.133. The van der Waals surface area contributed by atoms with Crippen molar-refractivity contribution < 1.29 is 0 Å². The van der Waals surface area contributed by atoms with Gasteiger partial charge in [-0.05, 0) is 24.1 Å². The van der Waals surface area contributed by atoms with Gasteiger partial charge in [0.05, 0.1) is 11.3 Å². The molecular weight excluding hydrogens is 226 g/mol. The summed E-state index contributed by atoms with van der Waals surface area (Å²) in [6, 6.07) is 20.7. The average molecular weight is 239 g/mol. The van der Waals surface area contributed by atoms with Crippen LogP contribution in [0.5, 0.6) is 0 Å². The second kappa shape index (κ2) is 5.56. The molecule has 0 aliphatic rings. The summed E-state index contributed by atoms with van der Waals surface area (Å²) >= 11 is 1.60. The van der Waals surface area contributed by atoms with Gasteiger partial charge in [-0.2, -0.15) is 5.26 Å². The van der Waals surface area contributed by atoms with E-state index >= 15 is 0 Å². The number of nitriles is 1. The van der Waals surface area contributed by atoms with E-state index in [1.165, 1.54) is 11.1 Å². The Balaban J connectivity index is 2.38. The van der Waals surface area contributed by atoms with E-state index in [1.54, 1.807) is 11.8 Å². The molecule has 0 fully saturated rings. The van der Waals surface area contributed by atoms with Crippen LogP contribution in [0.2, 0.25) is 0 Å². The van der Waals surface area contributed by atoms with Crippen molar-refractivity contribution in [3.05, 3.63) is 54.6 Å². The molecule has 0 N–H and O–H groups in total. The maximum atomic E-state index is 8.89. The Morgan fingerprint density at radius 1 is 1.00 bits per heavy atom. The van der Waals surface area contributed by atoms with E-state index in [2.05, 4.69) is 30.3 Å². The summed E-state index contributed by atoms with van der Waals surface area (Å²) in [7, 11) is 0. The van der Waals surface area contributed by atoms with E-state index < -0.39 is 0 Å². The van der Waals surface area contributed by atoms with Crippen molar-refractivity contribution in [1.29, 1.82) is 5.26 Å². The predicted molar refractivity (Wildman–Crippen MR) is 72.8 cm³/mol. The van der Waals surface area contributed by atoms with Gasteiger partial charge in [0, 0.05) is 4.90 Å². The van der Waals surface area contributed by atoms with Gasteiger partial charge in [-0.3, -0.25) is 0 Å². The molecule has 2 aromatic carbocycles. The maximum absolute atomic E-state index is 8.89. The fourth-order valence-electron chi connectivity index (χ4n) is 1.64. The molecular formula is C15H13NS. The van der Waals surface area contributed by atoms with Crippen LogP contribution in [-0.2, 0) is 0 Å². The molecule has 0 saturated carbocycles. The van der Waals surface area contributed by atoms with Crippen LogP contribution >= 0.6 is 11.8 Å². The first-order valence-corrected chi connectivity index (χ1v) is 6.40. The Hall–Kier alpha value is -1.72. The molecule has 0 amide bonds. The molecule has 84 valence electrons. The molecule has 0 heterocycles. The molecule has 0 spiro atoms. The number of nitrogens with zero attached hydrogens (tertiary/aromatic N) is 1. The Labute approximate surface area is 106 Å². The highest BCUT2D eigenvalue weighted by atomic mass is 32.2. The first-order valence-electron chi connectivity index (χ1n) is 5.52. The normalized spacial score (nSPS) is 11.8. The summed E-state index contributed by atoms with van der Waals surface area (Å²) in [6.45, 7) is 1.92. The van der Waals surface area contributed by atoms with Crippen LogP contribution < -0.4 is 0 Å². The SMILES string of the molecule is C[C@H](C#N)Sc1ccccc1-c1ccccc1. The third-order valence-corrected chi connectivity index (χ3v) is 3.53. The monoisotopic (exact) mass is 239 g/mol. The van der Waals surface area contributed by atoms with Crippen molar-refractivity contribution in [3.63, 3.8) is 0 Å². The van der Waals surface area contributed by atoms with Gasteiger partial charge in [0.2, 0.25) is 0 Å². The maximum Gasteiger partial charge on any atom is 0.0935 e. The standard InChI is InChI=1S/C15H13NS/c1-12(11-16)17-15-10-6-5-9-14(15)13-7-3-2-4-8-13/h2-10,12H,1H3/t12-/m1/s1. The largest absolute Gasteiger partial charge is 0.197 e. The second-order valence-electron chi connectivity index (χ2n) is 3.75. The summed E-state index contributed by atoms with van der Waals surface area (Å²) in [5.41, 5.74) is 2.39. The Morgan fingerprint density at radius 3 is 2.35 bits per heavy atom. The van der Waals surface area contributed by atoms with E-state index in [1.807, 2.05) is 37.3 Å².